The third kappa shape index (κ3) is 2.60. The monoisotopic (exact) mass is 318 g/mol. The lowest BCUT2D eigenvalue weighted by atomic mass is 10.2. The van der Waals surface area contributed by atoms with Crippen molar-refractivity contribution in [2.24, 2.45) is 0 Å². The average molecular weight is 318 g/mol. The first-order valence-corrected chi connectivity index (χ1v) is 7.18. The standard InChI is InChI=1S/C17H13F3N2O/c1-2-4-15-21-13-6-3-5-12(20)16(13)17(23)22(15)14-9-10(18)7-8-11(14)19/h3,5-9H,2,4H2,1H3. The van der Waals surface area contributed by atoms with Gasteiger partial charge in [0.15, 0.2) is 0 Å². The molecule has 0 amide bonds. The molecule has 1 heterocycles. The zero-order valence-electron chi connectivity index (χ0n) is 12.3. The second kappa shape index (κ2) is 5.87. The first-order chi connectivity index (χ1) is 11.0. The summed E-state index contributed by atoms with van der Waals surface area (Å²) in [6.45, 7) is 1.87. The molecule has 0 atom stereocenters. The third-order valence-corrected chi connectivity index (χ3v) is 3.54. The molecule has 0 saturated heterocycles. The van der Waals surface area contributed by atoms with Crippen LogP contribution in [0.4, 0.5) is 13.2 Å². The summed E-state index contributed by atoms with van der Waals surface area (Å²) in [7, 11) is 0. The summed E-state index contributed by atoms with van der Waals surface area (Å²) in [4.78, 5) is 17.0. The van der Waals surface area contributed by atoms with E-state index in [1.165, 1.54) is 12.1 Å². The minimum atomic E-state index is -0.775. The van der Waals surface area contributed by atoms with Crippen molar-refractivity contribution in [3.63, 3.8) is 0 Å². The molecule has 0 aliphatic heterocycles. The van der Waals surface area contributed by atoms with Crippen molar-refractivity contribution in [1.29, 1.82) is 0 Å². The van der Waals surface area contributed by atoms with E-state index in [4.69, 9.17) is 0 Å². The summed E-state index contributed by atoms with van der Waals surface area (Å²) < 4.78 is 42.6. The molecule has 6 heteroatoms. The Morgan fingerprint density at radius 2 is 1.87 bits per heavy atom. The topological polar surface area (TPSA) is 34.9 Å². The van der Waals surface area contributed by atoms with Gasteiger partial charge in [-0.15, -0.1) is 0 Å². The van der Waals surface area contributed by atoms with E-state index in [1.807, 2.05) is 6.92 Å². The van der Waals surface area contributed by atoms with Crippen molar-refractivity contribution in [2.45, 2.75) is 19.8 Å². The van der Waals surface area contributed by atoms with Crippen LogP contribution in [0.5, 0.6) is 0 Å². The zero-order valence-corrected chi connectivity index (χ0v) is 12.3. The Labute approximate surface area is 130 Å². The fourth-order valence-corrected chi connectivity index (χ4v) is 2.53. The van der Waals surface area contributed by atoms with Crippen LogP contribution in [-0.4, -0.2) is 9.55 Å². The van der Waals surface area contributed by atoms with Gasteiger partial charge in [-0.05, 0) is 30.7 Å². The van der Waals surface area contributed by atoms with Gasteiger partial charge in [-0.1, -0.05) is 13.0 Å². The lowest BCUT2D eigenvalue weighted by molar-refractivity contribution is 0.585. The number of halogens is 3. The van der Waals surface area contributed by atoms with Crippen LogP contribution >= 0.6 is 0 Å². The third-order valence-electron chi connectivity index (χ3n) is 3.54. The Balaban J connectivity index is 2.45. The van der Waals surface area contributed by atoms with Gasteiger partial charge in [0, 0.05) is 12.5 Å². The van der Waals surface area contributed by atoms with Gasteiger partial charge in [0.05, 0.1) is 11.2 Å². The predicted octanol–water partition coefficient (Wildman–Crippen LogP) is 3.76. The number of fused-ring (bicyclic) bond motifs is 1. The molecule has 3 rings (SSSR count). The van der Waals surface area contributed by atoms with Crippen LogP contribution < -0.4 is 5.56 Å². The molecule has 118 valence electrons. The summed E-state index contributed by atoms with van der Waals surface area (Å²) in [5.41, 5.74) is -0.816. The average Bonchev–Trinajstić information content (AvgIpc) is 2.51. The van der Waals surface area contributed by atoms with Crippen LogP contribution in [0.15, 0.2) is 41.2 Å². The molecule has 0 spiro atoms. The molecule has 1 aromatic heterocycles. The number of benzene rings is 2. The molecule has 0 N–H and O–H groups in total. The van der Waals surface area contributed by atoms with Crippen LogP contribution in [0.1, 0.15) is 19.2 Å². The van der Waals surface area contributed by atoms with Crippen LogP contribution in [0.25, 0.3) is 16.6 Å². The fourth-order valence-electron chi connectivity index (χ4n) is 2.53. The van der Waals surface area contributed by atoms with E-state index in [9.17, 15) is 18.0 Å². The van der Waals surface area contributed by atoms with Crippen molar-refractivity contribution in [3.05, 3.63) is 70.0 Å². The molecular weight excluding hydrogens is 305 g/mol. The number of hydrogen-bond acceptors (Lipinski definition) is 2. The normalized spacial score (nSPS) is 11.1. The smallest absolute Gasteiger partial charge is 0.268 e. The van der Waals surface area contributed by atoms with Gasteiger partial charge >= 0.3 is 0 Å². The molecule has 2 aromatic carbocycles. The number of rotatable bonds is 3. The van der Waals surface area contributed by atoms with Gasteiger partial charge in [0.1, 0.15) is 28.7 Å². The maximum absolute atomic E-state index is 14.1. The highest BCUT2D eigenvalue weighted by Gasteiger charge is 2.17. The summed E-state index contributed by atoms with van der Waals surface area (Å²) >= 11 is 0. The van der Waals surface area contributed by atoms with Crippen LogP contribution in [0.2, 0.25) is 0 Å². The Morgan fingerprint density at radius 1 is 1.09 bits per heavy atom. The Hall–Kier alpha value is -2.63. The molecule has 0 aliphatic rings. The maximum Gasteiger partial charge on any atom is 0.269 e. The van der Waals surface area contributed by atoms with E-state index >= 15 is 0 Å². The first kappa shape index (κ1) is 15.3. The van der Waals surface area contributed by atoms with Gasteiger partial charge in [-0.25, -0.2) is 18.2 Å². The molecule has 0 unspecified atom stereocenters. The van der Waals surface area contributed by atoms with Crippen molar-refractivity contribution >= 4 is 10.9 Å². The summed E-state index contributed by atoms with van der Waals surface area (Å²) in [6.07, 6.45) is 1.02. The van der Waals surface area contributed by atoms with E-state index in [2.05, 4.69) is 4.98 Å². The Morgan fingerprint density at radius 3 is 2.61 bits per heavy atom. The molecule has 3 aromatic rings. The van der Waals surface area contributed by atoms with Crippen molar-refractivity contribution in [1.82, 2.24) is 9.55 Å². The van der Waals surface area contributed by atoms with Crippen LogP contribution in [0, 0.1) is 17.5 Å². The molecule has 23 heavy (non-hydrogen) atoms. The first-order valence-electron chi connectivity index (χ1n) is 7.18. The highest BCUT2D eigenvalue weighted by molar-refractivity contribution is 5.78. The highest BCUT2D eigenvalue weighted by atomic mass is 19.1. The molecule has 0 radical (unpaired) electrons. The molecule has 3 nitrogen and oxygen atoms in total. The molecular formula is C17H13F3N2O. The predicted molar refractivity (Wildman–Crippen MR) is 81.2 cm³/mol. The molecule has 0 saturated carbocycles. The molecule has 0 aliphatic carbocycles. The quantitative estimate of drug-likeness (QED) is 0.737. The van der Waals surface area contributed by atoms with E-state index in [0.29, 0.717) is 12.8 Å². The Bertz CT molecular complexity index is 950. The second-order valence-electron chi connectivity index (χ2n) is 5.15. The minimum absolute atomic E-state index is 0.200. The van der Waals surface area contributed by atoms with Gasteiger partial charge in [-0.2, -0.15) is 0 Å². The molecule has 0 fully saturated rings. The summed E-state index contributed by atoms with van der Waals surface area (Å²) in [5.74, 6) is -1.94. The number of nitrogens with zero attached hydrogens (tertiary/aromatic N) is 2. The second-order valence-corrected chi connectivity index (χ2v) is 5.15. The number of aryl methyl sites for hydroxylation is 1. The van der Waals surface area contributed by atoms with Crippen LogP contribution in [-0.2, 0) is 6.42 Å². The van der Waals surface area contributed by atoms with E-state index in [0.717, 1.165) is 28.8 Å². The number of aromatic nitrogens is 2. The summed E-state index contributed by atoms with van der Waals surface area (Å²) in [6, 6.07) is 6.90. The summed E-state index contributed by atoms with van der Waals surface area (Å²) in [5, 5.41) is -0.240. The van der Waals surface area contributed by atoms with Crippen molar-refractivity contribution < 1.29 is 13.2 Å². The van der Waals surface area contributed by atoms with E-state index in [1.54, 1.807) is 0 Å². The van der Waals surface area contributed by atoms with Gasteiger partial charge < -0.3 is 0 Å². The van der Waals surface area contributed by atoms with E-state index < -0.39 is 23.0 Å². The van der Waals surface area contributed by atoms with Gasteiger partial charge in [0.25, 0.3) is 5.56 Å². The SMILES string of the molecule is CCCc1nc2cccc(F)c2c(=O)n1-c1cc(F)ccc1F. The number of hydrogen-bond donors (Lipinski definition) is 0. The lowest BCUT2D eigenvalue weighted by Gasteiger charge is -2.14. The lowest BCUT2D eigenvalue weighted by Crippen LogP contribution is -2.25. The largest absolute Gasteiger partial charge is 0.269 e. The minimum Gasteiger partial charge on any atom is -0.268 e. The maximum atomic E-state index is 14.1. The zero-order chi connectivity index (χ0) is 16.6. The fraction of sp³-hybridized carbons (Fsp3) is 0.176. The van der Waals surface area contributed by atoms with Gasteiger partial charge in [0.2, 0.25) is 0 Å². The highest BCUT2D eigenvalue weighted by Crippen LogP contribution is 2.19. The van der Waals surface area contributed by atoms with E-state index in [-0.39, 0.29) is 22.4 Å². The Kier molecular flexibility index (Phi) is 3.90. The van der Waals surface area contributed by atoms with Crippen molar-refractivity contribution in [2.75, 3.05) is 0 Å². The van der Waals surface area contributed by atoms with Crippen molar-refractivity contribution in [3.8, 4) is 5.69 Å². The molecule has 0 bridgehead atoms. The van der Waals surface area contributed by atoms with Gasteiger partial charge in [-0.3, -0.25) is 9.36 Å². The van der Waals surface area contributed by atoms with Crippen LogP contribution in [0.3, 0.4) is 0 Å².